The Kier molecular flexibility index (Phi) is 4.75. The topological polar surface area (TPSA) is 0 Å². The Morgan fingerprint density at radius 2 is 1.21 bits per heavy atom. The van der Waals surface area contributed by atoms with Crippen molar-refractivity contribution in [3.05, 3.63) is 107 Å². The van der Waals surface area contributed by atoms with Crippen molar-refractivity contribution in [1.82, 2.24) is 0 Å². The van der Waals surface area contributed by atoms with Crippen LogP contribution in [0.25, 0.3) is 11.6 Å². The van der Waals surface area contributed by atoms with E-state index >= 15 is 0 Å². The van der Waals surface area contributed by atoms with Crippen LogP contribution in [0.1, 0.15) is 68.4 Å². The van der Waals surface area contributed by atoms with Gasteiger partial charge in [0.1, 0.15) is 0 Å². The van der Waals surface area contributed by atoms with Gasteiger partial charge in [-0.1, -0.05) is 107 Å². The van der Waals surface area contributed by atoms with Gasteiger partial charge in [0.2, 0.25) is 0 Å². The molecule has 0 unspecified atom stereocenters. The zero-order valence-corrected chi connectivity index (χ0v) is 17.5. The molecule has 0 heteroatoms. The molecular weight excluding hydrogens is 336 g/mol. The van der Waals surface area contributed by atoms with Gasteiger partial charge >= 0.3 is 0 Å². The van der Waals surface area contributed by atoms with E-state index in [-0.39, 0.29) is 10.8 Å². The van der Waals surface area contributed by atoms with Crippen LogP contribution in [0.2, 0.25) is 0 Å². The lowest BCUT2D eigenvalue weighted by atomic mass is 9.63. The molecule has 1 aliphatic rings. The molecule has 0 radical (unpaired) electrons. The summed E-state index contributed by atoms with van der Waals surface area (Å²) < 4.78 is 0. The Labute approximate surface area is 169 Å². The number of benzene rings is 3. The Bertz CT molecular complexity index is 989. The highest BCUT2D eigenvalue weighted by Crippen LogP contribution is 2.46. The molecule has 0 heterocycles. The van der Waals surface area contributed by atoms with Gasteiger partial charge in [-0.15, -0.1) is 0 Å². The molecule has 0 saturated heterocycles. The van der Waals surface area contributed by atoms with Crippen molar-refractivity contribution in [3.63, 3.8) is 0 Å². The van der Waals surface area contributed by atoms with Gasteiger partial charge < -0.3 is 0 Å². The van der Waals surface area contributed by atoms with Crippen molar-refractivity contribution >= 4 is 11.6 Å². The van der Waals surface area contributed by atoms with E-state index in [0.29, 0.717) is 0 Å². The van der Waals surface area contributed by atoms with E-state index in [2.05, 4.69) is 113 Å². The van der Waals surface area contributed by atoms with Crippen molar-refractivity contribution in [2.24, 2.45) is 0 Å². The maximum absolute atomic E-state index is 2.46. The molecule has 0 fully saturated rings. The van der Waals surface area contributed by atoms with E-state index in [4.69, 9.17) is 0 Å². The average molecular weight is 367 g/mol. The molecule has 0 N–H and O–H groups in total. The fourth-order valence-corrected chi connectivity index (χ4v) is 4.42. The van der Waals surface area contributed by atoms with Gasteiger partial charge in [0.25, 0.3) is 0 Å². The molecule has 3 aromatic carbocycles. The van der Waals surface area contributed by atoms with Gasteiger partial charge in [0.15, 0.2) is 0 Å². The molecule has 0 aromatic heterocycles. The van der Waals surface area contributed by atoms with Crippen LogP contribution in [0.5, 0.6) is 0 Å². The van der Waals surface area contributed by atoms with Crippen LogP contribution in [0.3, 0.4) is 0 Å². The van der Waals surface area contributed by atoms with E-state index in [1.165, 1.54) is 46.2 Å². The fourth-order valence-electron chi connectivity index (χ4n) is 4.42. The van der Waals surface area contributed by atoms with Gasteiger partial charge in [-0.2, -0.15) is 0 Å². The zero-order valence-electron chi connectivity index (χ0n) is 17.5. The second-order valence-corrected chi connectivity index (χ2v) is 9.36. The minimum atomic E-state index is 0.218. The van der Waals surface area contributed by atoms with Gasteiger partial charge in [0.05, 0.1) is 0 Å². The molecule has 0 spiro atoms. The van der Waals surface area contributed by atoms with Crippen LogP contribution in [-0.4, -0.2) is 0 Å². The predicted octanol–water partition coefficient (Wildman–Crippen LogP) is 7.62. The summed E-state index contributed by atoms with van der Waals surface area (Å²) in [5, 5.41) is 0. The third-order valence-corrected chi connectivity index (χ3v) is 6.36. The summed E-state index contributed by atoms with van der Waals surface area (Å²) in [5.41, 5.74) is 8.58. The molecular formula is C28H30. The number of rotatable bonds is 3. The summed E-state index contributed by atoms with van der Waals surface area (Å²) in [5.74, 6) is 0. The number of hydrogen-bond donors (Lipinski definition) is 0. The Morgan fingerprint density at radius 1 is 0.643 bits per heavy atom. The van der Waals surface area contributed by atoms with E-state index in [1.807, 2.05) is 0 Å². The number of fused-ring (bicyclic) bond motifs is 1. The normalized spacial score (nSPS) is 17.8. The van der Waals surface area contributed by atoms with Crippen molar-refractivity contribution in [2.45, 2.75) is 51.4 Å². The Balaban J connectivity index is 1.90. The SMILES string of the molecule is CC1(C)CCC(C)(C)c2cc(C(=Cc3ccccc3)c3ccccc3)ccc21. The minimum Gasteiger partial charge on any atom is -0.0622 e. The highest BCUT2D eigenvalue weighted by molar-refractivity contribution is 5.91. The van der Waals surface area contributed by atoms with Crippen molar-refractivity contribution in [2.75, 3.05) is 0 Å². The average Bonchev–Trinajstić information content (AvgIpc) is 2.71. The standard InChI is InChI=1S/C28H30/c1-27(2)17-18-28(3,4)26-20-23(15-16-25(26)27)24(22-13-9-6-10-14-22)19-21-11-7-5-8-12-21/h5-16,19-20H,17-18H2,1-4H3. The first kappa shape index (κ1) is 18.7. The van der Waals surface area contributed by atoms with Gasteiger partial charge in [-0.3, -0.25) is 0 Å². The van der Waals surface area contributed by atoms with E-state index in [1.54, 1.807) is 0 Å². The molecule has 0 aliphatic heterocycles. The van der Waals surface area contributed by atoms with Crippen molar-refractivity contribution in [3.8, 4) is 0 Å². The van der Waals surface area contributed by atoms with Crippen LogP contribution in [-0.2, 0) is 10.8 Å². The maximum atomic E-state index is 2.46. The fraction of sp³-hybridized carbons (Fsp3) is 0.286. The summed E-state index contributed by atoms with van der Waals surface area (Å²) >= 11 is 0. The Morgan fingerprint density at radius 3 is 1.86 bits per heavy atom. The van der Waals surface area contributed by atoms with Crippen LogP contribution in [0.4, 0.5) is 0 Å². The molecule has 1 aliphatic carbocycles. The largest absolute Gasteiger partial charge is 0.0622 e. The smallest absolute Gasteiger partial charge is 0.0100 e. The molecule has 0 atom stereocenters. The maximum Gasteiger partial charge on any atom is -0.0100 e. The molecule has 0 nitrogen and oxygen atoms in total. The summed E-state index contributed by atoms with van der Waals surface area (Å²) in [6.45, 7) is 9.57. The van der Waals surface area contributed by atoms with Crippen LogP contribution >= 0.6 is 0 Å². The highest BCUT2D eigenvalue weighted by Gasteiger charge is 2.37. The third kappa shape index (κ3) is 3.56. The molecule has 142 valence electrons. The van der Waals surface area contributed by atoms with E-state index in [0.717, 1.165) is 0 Å². The first-order valence-electron chi connectivity index (χ1n) is 10.3. The van der Waals surface area contributed by atoms with Crippen LogP contribution in [0.15, 0.2) is 78.9 Å². The first-order chi connectivity index (χ1) is 13.4. The lowest BCUT2D eigenvalue weighted by molar-refractivity contribution is 0.332. The lowest BCUT2D eigenvalue weighted by Crippen LogP contribution is -2.33. The summed E-state index contributed by atoms with van der Waals surface area (Å²) in [6.07, 6.45) is 4.80. The summed E-state index contributed by atoms with van der Waals surface area (Å²) in [4.78, 5) is 0. The molecule has 0 bridgehead atoms. The second kappa shape index (κ2) is 7.09. The molecule has 3 aromatic rings. The summed E-state index contributed by atoms with van der Waals surface area (Å²) in [6, 6.07) is 28.6. The lowest BCUT2D eigenvalue weighted by Gasteiger charge is -2.42. The van der Waals surface area contributed by atoms with Crippen molar-refractivity contribution in [1.29, 1.82) is 0 Å². The quantitative estimate of drug-likeness (QED) is 0.418. The first-order valence-corrected chi connectivity index (χ1v) is 10.3. The monoisotopic (exact) mass is 366 g/mol. The zero-order chi connectivity index (χ0) is 19.8. The minimum absolute atomic E-state index is 0.218. The third-order valence-electron chi connectivity index (χ3n) is 6.36. The molecule has 28 heavy (non-hydrogen) atoms. The summed E-state index contributed by atoms with van der Waals surface area (Å²) in [7, 11) is 0. The predicted molar refractivity (Wildman–Crippen MR) is 122 cm³/mol. The van der Waals surface area contributed by atoms with Gasteiger partial charge in [-0.25, -0.2) is 0 Å². The molecule has 0 amide bonds. The molecule has 0 saturated carbocycles. The van der Waals surface area contributed by atoms with Gasteiger partial charge in [-0.05, 0) is 63.1 Å². The van der Waals surface area contributed by atoms with Crippen LogP contribution < -0.4 is 0 Å². The second-order valence-electron chi connectivity index (χ2n) is 9.36. The highest BCUT2D eigenvalue weighted by atomic mass is 14.4. The number of hydrogen-bond acceptors (Lipinski definition) is 0. The van der Waals surface area contributed by atoms with Crippen LogP contribution in [0, 0.1) is 0 Å². The molecule has 4 rings (SSSR count). The Hall–Kier alpha value is -2.60. The van der Waals surface area contributed by atoms with E-state index in [9.17, 15) is 0 Å². The van der Waals surface area contributed by atoms with Gasteiger partial charge in [0, 0.05) is 0 Å². The van der Waals surface area contributed by atoms with E-state index < -0.39 is 0 Å². The van der Waals surface area contributed by atoms with Crippen molar-refractivity contribution < 1.29 is 0 Å².